The van der Waals surface area contributed by atoms with Crippen LogP contribution in [0.5, 0.6) is 0 Å². The van der Waals surface area contributed by atoms with E-state index < -0.39 is 0 Å². The zero-order chi connectivity index (χ0) is 38.6. The molecule has 4 aromatic heterocycles. The highest BCUT2D eigenvalue weighted by atomic mass is 16.3. The number of hydrogen-bond acceptors (Lipinski definition) is 3. The first-order valence-corrected chi connectivity index (χ1v) is 20.0. The maximum Gasteiger partial charge on any atom is 0.160 e. The topological polar surface area (TPSA) is 48.8 Å². The lowest BCUT2D eigenvalue weighted by Gasteiger charge is -2.12. The van der Waals surface area contributed by atoms with E-state index in [4.69, 9.17) is 14.4 Å². The van der Waals surface area contributed by atoms with Gasteiger partial charge in [-0.3, -0.25) is 0 Å². The van der Waals surface area contributed by atoms with Gasteiger partial charge in [0.05, 0.1) is 44.4 Å². The molecule has 0 aliphatic carbocycles. The number of nitrogens with zero attached hydrogens (tertiary/aromatic N) is 4. The zero-order valence-electron chi connectivity index (χ0n) is 31.7. The molecule has 5 heteroatoms. The van der Waals surface area contributed by atoms with Gasteiger partial charge in [0.25, 0.3) is 0 Å². The molecule has 0 fully saturated rings. The van der Waals surface area contributed by atoms with Crippen LogP contribution in [-0.4, -0.2) is 19.1 Å². The van der Waals surface area contributed by atoms with E-state index in [9.17, 15) is 0 Å². The molecule has 0 bridgehead atoms. The fraction of sp³-hybridized carbons (Fsp3) is 0. The molecule has 274 valence electrons. The standard InChI is InChI=1S/C54H32N4O/c1-2-14-34(15-3-1)51-42-20-6-9-21-43(42)55-54(56-51)35-25-27-36(28-26-35)57-45-22-10-7-18-38(45)40-29-31-46-49(52(40)57)50-47(32-30-41-39-19-8-11-24-48(39)59-53(41)50)58(46)44-23-12-16-33-13-4-5-17-37(33)44/h1-32H. The Morgan fingerprint density at radius 1 is 0.390 bits per heavy atom. The monoisotopic (exact) mass is 752 g/mol. The number of aromatic nitrogens is 4. The second-order valence-electron chi connectivity index (χ2n) is 15.3. The van der Waals surface area contributed by atoms with Crippen molar-refractivity contribution in [2.24, 2.45) is 0 Å². The van der Waals surface area contributed by atoms with Crippen LogP contribution in [0.2, 0.25) is 0 Å². The van der Waals surface area contributed by atoms with Crippen LogP contribution in [0.15, 0.2) is 199 Å². The highest BCUT2D eigenvalue weighted by molar-refractivity contribution is 6.32. The van der Waals surface area contributed by atoms with Crippen LogP contribution < -0.4 is 0 Å². The zero-order valence-corrected chi connectivity index (χ0v) is 31.7. The molecule has 0 amide bonds. The average Bonchev–Trinajstić information content (AvgIpc) is 3.96. The second kappa shape index (κ2) is 12.2. The number of furan rings is 1. The first-order valence-electron chi connectivity index (χ1n) is 20.0. The van der Waals surface area contributed by atoms with Crippen LogP contribution in [0, 0.1) is 0 Å². The van der Waals surface area contributed by atoms with E-state index in [0.717, 1.165) is 93.9 Å². The summed E-state index contributed by atoms with van der Waals surface area (Å²) in [7, 11) is 0. The highest BCUT2D eigenvalue weighted by Crippen LogP contribution is 2.46. The molecule has 0 saturated heterocycles. The third-order valence-electron chi connectivity index (χ3n) is 12.1. The molecule has 13 rings (SSSR count). The van der Waals surface area contributed by atoms with Gasteiger partial charge in [-0.05, 0) is 72.1 Å². The van der Waals surface area contributed by atoms with E-state index in [1.54, 1.807) is 0 Å². The van der Waals surface area contributed by atoms with E-state index in [0.29, 0.717) is 5.82 Å². The van der Waals surface area contributed by atoms with Crippen LogP contribution in [-0.2, 0) is 0 Å². The molecule has 5 nitrogen and oxygen atoms in total. The van der Waals surface area contributed by atoms with Gasteiger partial charge in [-0.2, -0.15) is 0 Å². The van der Waals surface area contributed by atoms with Crippen LogP contribution in [0.25, 0.3) is 121 Å². The van der Waals surface area contributed by atoms with Crippen molar-refractivity contribution in [2.45, 2.75) is 0 Å². The Balaban J connectivity index is 1.12. The molecular formula is C54H32N4O. The van der Waals surface area contributed by atoms with Crippen LogP contribution >= 0.6 is 0 Å². The molecule has 0 atom stereocenters. The third kappa shape index (κ3) is 4.61. The summed E-state index contributed by atoms with van der Waals surface area (Å²) in [6.07, 6.45) is 0. The Bertz CT molecular complexity index is 3830. The maximum absolute atomic E-state index is 6.88. The molecule has 0 saturated carbocycles. The minimum atomic E-state index is 0.698. The van der Waals surface area contributed by atoms with Gasteiger partial charge in [0.15, 0.2) is 5.82 Å². The Morgan fingerprint density at radius 3 is 1.93 bits per heavy atom. The molecular weight excluding hydrogens is 721 g/mol. The van der Waals surface area contributed by atoms with E-state index in [1.807, 2.05) is 24.3 Å². The van der Waals surface area contributed by atoms with E-state index in [1.165, 1.54) is 21.5 Å². The van der Waals surface area contributed by atoms with Crippen LogP contribution in [0.1, 0.15) is 0 Å². The summed E-state index contributed by atoms with van der Waals surface area (Å²) < 4.78 is 11.7. The van der Waals surface area contributed by atoms with Gasteiger partial charge in [-0.1, -0.05) is 127 Å². The molecule has 0 aliphatic rings. The normalized spacial score (nSPS) is 12.1. The largest absolute Gasteiger partial charge is 0.455 e. The summed E-state index contributed by atoms with van der Waals surface area (Å²) in [4.78, 5) is 10.2. The van der Waals surface area contributed by atoms with Gasteiger partial charge in [-0.15, -0.1) is 0 Å². The Kier molecular flexibility index (Phi) is 6.66. The van der Waals surface area contributed by atoms with Crippen LogP contribution in [0.3, 0.4) is 0 Å². The number of rotatable bonds is 4. The summed E-state index contributed by atoms with van der Waals surface area (Å²) in [6.45, 7) is 0. The predicted octanol–water partition coefficient (Wildman–Crippen LogP) is 14.2. The molecule has 9 aromatic carbocycles. The van der Waals surface area contributed by atoms with Crippen molar-refractivity contribution in [1.82, 2.24) is 19.1 Å². The first-order chi connectivity index (χ1) is 29.3. The summed E-state index contributed by atoms with van der Waals surface area (Å²) in [5, 5.41) is 10.3. The first kappa shape index (κ1) is 32.1. The van der Waals surface area contributed by atoms with Gasteiger partial charge < -0.3 is 13.6 Å². The lowest BCUT2D eigenvalue weighted by Crippen LogP contribution is -1.97. The average molecular weight is 753 g/mol. The van der Waals surface area contributed by atoms with Gasteiger partial charge >= 0.3 is 0 Å². The Morgan fingerprint density at radius 2 is 1.07 bits per heavy atom. The number of hydrogen-bond donors (Lipinski definition) is 0. The molecule has 0 unspecified atom stereocenters. The van der Waals surface area contributed by atoms with Crippen molar-refractivity contribution in [3.63, 3.8) is 0 Å². The van der Waals surface area contributed by atoms with Gasteiger partial charge in [-0.25, -0.2) is 9.97 Å². The maximum atomic E-state index is 6.88. The predicted molar refractivity (Wildman–Crippen MR) is 244 cm³/mol. The number of para-hydroxylation sites is 3. The molecule has 0 N–H and O–H groups in total. The van der Waals surface area contributed by atoms with Crippen LogP contribution in [0.4, 0.5) is 0 Å². The number of benzene rings is 9. The second-order valence-corrected chi connectivity index (χ2v) is 15.3. The summed E-state index contributed by atoms with van der Waals surface area (Å²) in [5.41, 5.74) is 12.4. The SMILES string of the molecule is c1ccc(-c2nc(-c3ccc(-n4c5ccccc5c5ccc6c(c7c8oc9ccccc9c8ccc7n6-c6cccc7ccccc67)c54)cc3)nc3ccccc23)cc1. The Hall–Kier alpha value is -8.02. The molecule has 59 heavy (non-hydrogen) atoms. The van der Waals surface area contributed by atoms with Crippen molar-refractivity contribution in [2.75, 3.05) is 0 Å². The molecule has 0 radical (unpaired) electrons. The summed E-state index contributed by atoms with van der Waals surface area (Å²) in [5.74, 6) is 0.698. The van der Waals surface area contributed by atoms with Crippen molar-refractivity contribution in [1.29, 1.82) is 0 Å². The lowest BCUT2D eigenvalue weighted by molar-refractivity contribution is 0.673. The number of fused-ring (bicyclic) bond motifs is 13. The van der Waals surface area contributed by atoms with E-state index >= 15 is 0 Å². The van der Waals surface area contributed by atoms with Gasteiger partial charge in [0.2, 0.25) is 0 Å². The molecule has 0 spiro atoms. The van der Waals surface area contributed by atoms with E-state index in [-0.39, 0.29) is 0 Å². The van der Waals surface area contributed by atoms with Crippen molar-refractivity contribution in [3.8, 4) is 34.0 Å². The Labute approximate surface area is 337 Å². The van der Waals surface area contributed by atoms with Gasteiger partial charge in [0, 0.05) is 54.5 Å². The molecule has 4 heterocycles. The van der Waals surface area contributed by atoms with E-state index in [2.05, 4.69) is 179 Å². The smallest absolute Gasteiger partial charge is 0.160 e. The summed E-state index contributed by atoms with van der Waals surface area (Å²) in [6, 6.07) is 68.8. The molecule has 0 aliphatic heterocycles. The summed E-state index contributed by atoms with van der Waals surface area (Å²) >= 11 is 0. The van der Waals surface area contributed by atoms with Crippen molar-refractivity contribution < 1.29 is 4.42 Å². The minimum Gasteiger partial charge on any atom is -0.455 e. The minimum absolute atomic E-state index is 0.698. The third-order valence-corrected chi connectivity index (χ3v) is 12.1. The lowest BCUT2D eigenvalue weighted by atomic mass is 10.0. The van der Waals surface area contributed by atoms with Crippen molar-refractivity contribution >= 4 is 87.2 Å². The quantitative estimate of drug-likeness (QED) is 0.180. The highest BCUT2D eigenvalue weighted by Gasteiger charge is 2.25. The van der Waals surface area contributed by atoms with Crippen molar-refractivity contribution in [3.05, 3.63) is 194 Å². The van der Waals surface area contributed by atoms with Gasteiger partial charge in [0.1, 0.15) is 11.2 Å². The molecule has 13 aromatic rings. The fourth-order valence-electron chi connectivity index (χ4n) is 9.53. The fourth-order valence-corrected chi connectivity index (χ4v) is 9.53.